The van der Waals surface area contributed by atoms with Crippen LogP contribution in [0.3, 0.4) is 0 Å². The summed E-state index contributed by atoms with van der Waals surface area (Å²) in [6.07, 6.45) is 1.98. The van der Waals surface area contributed by atoms with Crippen LogP contribution in [0.15, 0.2) is 22.7 Å². The van der Waals surface area contributed by atoms with Crippen molar-refractivity contribution in [3.63, 3.8) is 0 Å². The van der Waals surface area contributed by atoms with Crippen molar-refractivity contribution in [3.8, 4) is 0 Å². The fraction of sp³-hybridized carbons (Fsp3) is 0.562. The molecule has 3 nitrogen and oxygen atoms in total. The molecule has 1 N–H and O–H groups in total. The third kappa shape index (κ3) is 4.70. The van der Waals surface area contributed by atoms with Crippen LogP contribution < -0.4 is 5.32 Å². The van der Waals surface area contributed by atoms with Crippen LogP contribution in [-0.4, -0.2) is 35.5 Å². The lowest BCUT2D eigenvalue weighted by Gasteiger charge is -2.41. The maximum atomic E-state index is 12.3. The van der Waals surface area contributed by atoms with Gasteiger partial charge in [0.15, 0.2) is 0 Å². The van der Waals surface area contributed by atoms with Gasteiger partial charge in [-0.15, -0.1) is 0 Å². The third-order valence-electron chi connectivity index (χ3n) is 3.90. The zero-order valence-electron chi connectivity index (χ0n) is 12.7. The third-order valence-corrected chi connectivity index (χ3v) is 4.58. The van der Waals surface area contributed by atoms with Gasteiger partial charge in [-0.1, -0.05) is 27.5 Å². The van der Waals surface area contributed by atoms with Crippen LogP contribution >= 0.6 is 27.5 Å². The molecule has 0 spiro atoms. The van der Waals surface area contributed by atoms with Crippen LogP contribution in [0.2, 0.25) is 5.02 Å². The molecule has 0 saturated carbocycles. The number of likely N-dealkylation sites (tertiary alicyclic amines) is 1. The van der Waals surface area contributed by atoms with Gasteiger partial charge >= 0.3 is 0 Å². The second-order valence-electron chi connectivity index (χ2n) is 6.56. The first-order valence-corrected chi connectivity index (χ1v) is 8.45. The average molecular weight is 374 g/mol. The predicted molar refractivity (Wildman–Crippen MR) is 91.0 cm³/mol. The highest BCUT2D eigenvalue weighted by Crippen LogP contribution is 2.22. The van der Waals surface area contributed by atoms with Gasteiger partial charge in [-0.3, -0.25) is 9.69 Å². The Kier molecular flexibility index (Phi) is 5.33. The molecule has 0 aromatic heterocycles. The Morgan fingerprint density at radius 1 is 1.29 bits per heavy atom. The normalized spacial score (nSPS) is 17.8. The minimum atomic E-state index is -0.0487. The molecule has 21 heavy (non-hydrogen) atoms. The Morgan fingerprint density at radius 3 is 2.43 bits per heavy atom. The van der Waals surface area contributed by atoms with Crippen LogP contribution in [0.4, 0.5) is 0 Å². The second-order valence-corrected chi connectivity index (χ2v) is 7.92. The number of benzene rings is 1. The summed E-state index contributed by atoms with van der Waals surface area (Å²) in [4.78, 5) is 14.8. The second kappa shape index (κ2) is 6.67. The van der Waals surface area contributed by atoms with E-state index in [1.54, 1.807) is 18.2 Å². The highest BCUT2D eigenvalue weighted by atomic mass is 79.9. The SMILES string of the molecule is CC(C)(C)N1CCC(NC(=O)c2cc(Cl)cc(Br)c2)CC1. The molecule has 0 aliphatic carbocycles. The Balaban J connectivity index is 1.93. The van der Waals surface area contributed by atoms with Crippen LogP contribution in [0, 0.1) is 0 Å². The van der Waals surface area contributed by atoms with Gasteiger partial charge in [0, 0.05) is 39.7 Å². The van der Waals surface area contributed by atoms with E-state index in [4.69, 9.17) is 11.6 Å². The summed E-state index contributed by atoms with van der Waals surface area (Å²) in [5, 5.41) is 3.68. The summed E-state index contributed by atoms with van der Waals surface area (Å²) in [6.45, 7) is 8.74. The Hall–Kier alpha value is -0.580. The van der Waals surface area contributed by atoms with Gasteiger partial charge in [0.25, 0.3) is 5.91 Å². The Morgan fingerprint density at radius 2 is 1.90 bits per heavy atom. The molecule has 1 amide bonds. The van der Waals surface area contributed by atoms with E-state index in [0.29, 0.717) is 10.6 Å². The number of amides is 1. The van der Waals surface area contributed by atoms with Gasteiger partial charge in [-0.05, 0) is 51.8 Å². The van der Waals surface area contributed by atoms with Crippen molar-refractivity contribution in [1.29, 1.82) is 0 Å². The van der Waals surface area contributed by atoms with Crippen LogP contribution in [0.1, 0.15) is 44.0 Å². The minimum Gasteiger partial charge on any atom is -0.349 e. The van der Waals surface area contributed by atoms with Crippen molar-refractivity contribution in [1.82, 2.24) is 10.2 Å². The number of piperidine rings is 1. The van der Waals surface area contributed by atoms with E-state index in [0.717, 1.165) is 30.4 Å². The molecular formula is C16H22BrClN2O. The molecule has 2 rings (SSSR count). The number of hydrogen-bond acceptors (Lipinski definition) is 2. The first-order chi connectivity index (χ1) is 9.75. The maximum absolute atomic E-state index is 12.3. The highest BCUT2D eigenvalue weighted by Gasteiger charge is 2.27. The number of rotatable bonds is 2. The van der Waals surface area contributed by atoms with Crippen molar-refractivity contribution in [3.05, 3.63) is 33.3 Å². The molecule has 1 fully saturated rings. The number of halogens is 2. The molecule has 1 aromatic carbocycles. The number of nitrogens with one attached hydrogen (secondary N) is 1. The molecule has 0 unspecified atom stereocenters. The van der Waals surface area contributed by atoms with E-state index in [2.05, 4.69) is 46.9 Å². The summed E-state index contributed by atoms with van der Waals surface area (Å²) in [5.74, 6) is -0.0487. The fourth-order valence-corrected chi connectivity index (χ4v) is 3.51. The van der Waals surface area contributed by atoms with Crippen molar-refractivity contribution < 1.29 is 4.79 Å². The van der Waals surface area contributed by atoms with E-state index < -0.39 is 0 Å². The Labute approximate surface area is 140 Å². The van der Waals surface area contributed by atoms with Gasteiger partial charge in [-0.25, -0.2) is 0 Å². The summed E-state index contributed by atoms with van der Waals surface area (Å²) in [7, 11) is 0. The number of carbonyl (C=O) groups is 1. The lowest BCUT2D eigenvalue weighted by atomic mass is 9.98. The van der Waals surface area contributed by atoms with Crippen molar-refractivity contribution >= 4 is 33.4 Å². The van der Waals surface area contributed by atoms with E-state index >= 15 is 0 Å². The smallest absolute Gasteiger partial charge is 0.251 e. The summed E-state index contributed by atoms with van der Waals surface area (Å²) < 4.78 is 0.822. The molecule has 1 aromatic rings. The number of carbonyl (C=O) groups excluding carboxylic acids is 1. The molecule has 0 radical (unpaired) electrons. The first kappa shape index (κ1) is 16.8. The number of hydrogen-bond donors (Lipinski definition) is 1. The Bertz CT molecular complexity index is 499. The minimum absolute atomic E-state index is 0.0487. The number of nitrogens with zero attached hydrogens (tertiary/aromatic N) is 1. The topological polar surface area (TPSA) is 32.3 Å². The van der Waals surface area contributed by atoms with Gasteiger partial charge in [0.2, 0.25) is 0 Å². The highest BCUT2D eigenvalue weighted by molar-refractivity contribution is 9.10. The van der Waals surface area contributed by atoms with E-state index in [1.165, 1.54) is 0 Å². The molecule has 0 atom stereocenters. The van der Waals surface area contributed by atoms with Gasteiger partial charge in [-0.2, -0.15) is 0 Å². The first-order valence-electron chi connectivity index (χ1n) is 7.28. The van der Waals surface area contributed by atoms with E-state index in [9.17, 15) is 4.79 Å². The molecule has 1 aliphatic heterocycles. The maximum Gasteiger partial charge on any atom is 0.251 e. The van der Waals surface area contributed by atoms with Crippen LogP contribution in [0.25, 0.3) is 0 Å². The molecule has 5 heteroatoms. The molecular weight excluding hydrogens is 352 g/mol. The zero-order valence-corrected chi connectivity index (χ0v) is 15.1. The molecule has 1 heterocycles. The molecule has 116 valence electrons. The quantitative estimate of drug-likeness (QED) is 0.846. The molecule has 1 aliphatic rings. The van der Waals surface area contributed by atoms with Gasteiger partial charge in [0.1, 0.15) is 0 Å². The van der Waals surface area contributed by atoms with E-state index in [1.807, 2.05) is 0 Å². The molecule has 1 saturated heterocycles. The predicted octanol–water partition coefficient (Wildman–Crippen LogP) is 4.10. The lowest BCUT2D eigenvalue weighted by molar-refractivity contribution is 0.0812. The standard InChI is InChI=1S/C16H22BrClN2O/c1-16(2,3)20-6-4-14(5-7-20)19-15(21)11-8-12(17)10-13(18)9-11/h8-10,14H,4-7H2,1-3H3,(H,19,21). The summed E-state index contributed by atoms with van der Waals surface area (Å²) in [5.41, 5.74) is 0.805. The molecule has 0 bridgehead atoms. The summed E-state index contributed by atoms with van der Waals surface area (Å²) >= 11 is 9.35. The van der Waals surface area contributed by atoms with Gasteiger partial charge < -0.3 is 5.32 Å². The van der Waals surface area contributed by atoms with E-state index in [-0.39, 0.29) is 17.5 Å². The fourth-order valence-electron chi connectivity index (χ4n) is 2.65. The largest absolute Gasteiger partial charge is 0.349 e. The monoisotopic (exact) mass is 372 g/mol. The summed E-state index contributed by atoms with van der Waals surface area (Å²) in [6, 6.07) is 5.52. The zero-order chi connectivity index (χ0) is 15.6. The van der Waals surface area contributed by atoms with Crippen LogP contribution in [-0.2, 0) is 0 Å². The van der Waals surface area contributed by atoms with Crippen molar-refractivity contribution in [2.45, 2.75) is 45.2 Å². The van der Waals surface area contributed by atoms with Gasteiger partial charge in [0.05, 0.1) is 0 Å². The lowest BCUT2D eigenvalue weighted by Crippen LogP contribution is -2.50. The van der Waals surface area contributed by atoms with Crippen molar-refractivity contribution in [2.24, 2.45) is 0 Å². The van der Waals surface area contributed by atoms with Crippen LogP contribution in [0.5, 0.6) is 0 Å². The average Bonchev–Trinajstić information content (AvgIpc) is 2.37. The van der Waals surface area contributed by atoms with Crippen molar-refractivity contribution in [2.75, 3.05) is 13.1 Å².